The molecule has 0 aliphatic carbocycles. The van der Waals surface area contributed by atoms with Crippen LogP contribution in [0.5, 0.6) is 0 Å². The van der Waals surface area contributed by atoms with E-state index in [4.69, 9.17) is 0 Å². The van der Waals surface area contributed by atoms with Crippen LogP contribution in [0.15, 0.2) is 29.3 Å². The van der Waals surface area contributed by atoms with Gasteiger partial charge in [-0.3, -0.25) is 4.99 Å². The zero-order valence-corrected chi connectivity index (χ0v) is 8.24. The van der Waals surface area contributed by atoms with E-state index in [9.17, 15) is 0 Å². The summed E-state index contributed by atoms with van der Waals surface area (Å²) >= 11 is 0. The van der Waals surface area contributed by atoms with Crippen LogP contribution in [0.25, 0.3) is 0 Å². The van der Waals surface area contributed by atoms with Crippen LogP contribution in [-0.2, 0) is 6.54 Å². The van der Waals surface area contributed by atoms with Crippen molar-refractivity contribution in [3.8, 4) is 0 Å². The molecule has 0 bridgehead atoms. The minimum absolute atomic E-state index is 0.877. The molecule has 2 heterocycles. The van der Waals surface area contributed by atoms with Gasteiger partial charge in [-0.25, -0.2) is 0 Å². The summed E-state index contributed by atoms with van der Waals surface area (Å²) in [5.41, 5.74) is 2.74. The molecule has 2 heteroatoms. The van der Waals surface area contributed by atoms with Crippen molar-refractivity contribution in [1.29, 1.82) is 0 Å². The Morgan fingerprint density at radius 2 is 1.86 bits per heavy atom. The lowest BCUT2D eigenvalue weighted by Crippen LogP contribution is -2.27. The van der Waals surface area contributed by atoms with Gasteiger partial charge in [-0.1, -0.05) is 24.3 Å². The number of nitrogens with zero attached hydrogens (tertiary/aromatic N) is 2. The summed E-state index contributed by atoms with van der Waals surface area (Å²) in [6.45, 7) is 3.25. The average Bonchev–Trinajstić information content (AvgIpc) is 2.85. The van der Waals surface area contributed by atoms with Crippen LogP contribution in [0.3, 0.4) is 0 Å². The van der Waals surface area contributed by atoms with Crippen LogP contribution in [-0.4, -0.2) is 23.8 Å². The molecule has 0 radical (unpaired) electrons. The number of likely N-dealkylation sites (tertiary alicyclic amines) is 1. The standard InChI is InChI=1S/C12H14N2/c1-2-6-11-10(5-1)9-13-12(11)14-7-3-4-8-14/h1-2,5-6H,3-4,7-9H2. The first-order chi connectivity index (χ1) is 6.95. The van der Waals surface area contributed by atoms with Gasteiger partial charge < -0.3 is 4.90 Å². The van der Waals surface area contributed by atoms with Crippen molar-refractivity contribution in [2.24, 2.45) is 4.99 Å². The second kappa shape index (κ2) is 3.12. The maximum atomic E-state index is 4.63. The monoisotopic (exact) mass is 186 g/mol. The van der Waals surface area contributed by atoms with E-state index in [1.807, 2.05) is 0 Å². The van der Waals surface area contributed by atoms with Crippen molar-refractivity contribution in [2.75, 3.05) is 13.1 Å². The quantitative estimate of drug-likeness (QED) is 0.605. The lowest BCUT2D eigenvalue weighted by atomic mass is 10.1. The smallest absolute Gasteiger partial charge is 0.131 e. The number of fused-ring (bicyclic) bond motifs is 1. The number of rotatable bonds is 0. The minimum atomic E-state index is 0.877. The SMILES string of the molecule is c1ccc2c(c1)CN=C2N1CCCC1. The molecule has 2 nitrogen and oxygen atoms in total. The molecule has 0 N–H and O–H groups in total. The highest BCUT2D eigenvalue weighted by Crippen LogP contribution is 2.22. The van der Waals surface area contributed by atoms with Gasteiger partial charge in [-0.2, -0.15) is 0 Å². The molecule has 0 unspecified atom stereocenters. The molecular weight excluding hydrogens is 172 g/mol. The van der Waals surface area contributed by atoms with Crippen molar-refractivity contribution in [3.63, 3.8) is 0 Å². The fourth-order valence-electron chi connectivity index (χ4n) is 2.32. The zero-order valence-electron chi connectivity index (χ0n) is 8.24. The lowest BCUT2D eigenvalue weighted by Gasteiger charge is -2.17. The minimum Gasteiger partial charge on any atom is -0.356 e. The summed E-state index contributed by atoms with van der Waals surface area (Å²) in [5.74, 6) is 1.23. The van der Waals surface area contributed by atoms with Gasteiger partial charge >= 0.3 is 0 Å². The molecule has 0 aromatic heterocycles. The van der Waals surface area contributed by atoms with Crippen molar-refractivity contribution in [2.45, 2.75) is 19.4 Å². The largest absolute Gasteiger partial charge is 0.356 e. The van der Waals surface area contributed by atoms with Crippen LogP contribution in [0.4, 0.5) is 0 Å². The maximum Gasteiger partial charge on any atom is 0.131 e. The Morgan fingerprint density at radius 3 is 2.71 bits per heavy atom. The Kier molecular flexibility index (Phi) is 1.79. The molecule has 0 saturated carbocycles. The first-order valence-electron chi connectivity index (χ1n) is 5.33. The van der Waals surface area contributed by atoms with Crippen LogP contribution in [0, 0.1) is 0 Å². The molecule has 0 spiro atoms. The van der Waals surface area contributed by atoms with Gasteiger partial charge in [0, 0.05) is 18.7 Å². The van der Waals surface area contributed by atoms with Gasteiger partial charge in [-0.15, -0.1) is 0 Å². The van der Waals surface area contributed by atoms with Crippen molar-refractivity contribution in [1.82, 2.24) is 4.90 Å². The molecule has 0 atom stereocenters. The summed E-state index contributed by atoms with van der Waals surface area (Å²) in [5, 5.41) is 0. The van der Waals surface area contributed by atoms with E-state index in [-0.39, 0.29) is 0 Å². The lowest BCUT2D eigenvalue weighted by molar-refractivity contribution is 0.520. The number of aliphatic imine (C=N–C) groups is 1. The molecule has 1 saturated heterocycles. The highest BCUT2D eigenvalue weighted by Gasteiger charge is 2.22. The number of hydrogen-bond donors (Lipinski definition) is 0. The second-order valence-electron chi connectivity index (χ2n) is 3.99. The Balaban J connectivity index is 1.95. The molecule has 1 aromatic rings. The summed E-state index contributed by atoms with van der Waals surface area (Å²) in [4.78, 5) is 7.05. The summed E-state index contributed by atoms with van der Waals surface area (Å²) in [6, 6.07) is 8.58. The zero-order chi connectivity index (χ0) is 9.38. The molecule has 2 aliphatic heterocycles. The van der Waals surface area contributed by atoms with E-state index in [0.29, 0.717) is 0 Å². The van der Waals surface area contributed by atoms with E-state index >= 15 is 0 Å². The predicted octanol–water partition coefficient (Wildman–Crippen LogP) is 2.04. The number of amidine groups is 1. The highest BCUT2D eigenvalue weighted by atomic mass is 15.2. The van der Waals surface area contributed by atoms with Crippen LogP contribution in [0.1, 0.15) is 24.0 Å². The van der Waals surface area contributed by atoms with Crippen molar-refractivity contribution < 1.29 is 0 Å². The third-order valence-electron chi connectivity index (χ3n) is 3.06. The molecule has 72 valence electrons. The molecule has 2 aliphatic rings. The molecule has 0 amide bonds. The van der Waals surface area contributed by atoms with Gasteiger partial charge in [0.2, 0.25) is 0 Å². The van der Waals surface area contributed by atoms with Crippen molar-refractivity contribution >= 4 is 5.84 Å². The first-order valence-corrected chi connectivity index (χ1v) is 5.33. The molecular formula is C12H14N2. The fraction of sp³-hybridized carbons (Fsp3) is 0.417. The Labute approximate surface area is 84.3 Å². The van der Waals surface area contributed by atoms with Gasteiger partial charge in [-0.05, 0) is 18.4 Å². The van der Waals surface area contributed by atoms with Crippen LogP contribution in [0.2, 0.25) is 0 Å². The van der Waals surface area contributed by atoms with Gasteiger partial charge in [0.15, 0.2) is 0 Å². The van der Waals surface area contributed by atoms with Gasteiger partial charge in [0.25, 0.3) is 0 Å². The van der Waals surface area contributed by atoms with E-state index < -0.39 is 0 Å². The topological polar surface area (TPSA) is 15.6 Å². The summed E-state index contributed by atoms with van der Waals surface area (Å²) in [6.07, 6.45) is 2.64. The summed E-state index contributed by atoms with van der Waals surface area (Å²) in [7, 11) is 0. The highest BCUT2D eigenvalue weighted by molar-refractivity contribution is 6.02. The Morgan fingerprint density at radius 1 is 1.07 bits per heavy atom. The maximum absolute atomic E-state index is 4.63. The molecule has 14 heavy (non-hydrogen) atoms. The number of benzene rings is 1. The van der Waals surface area contributed by atoms with Crippen LogP contribution >= 0.6 is 0 Å². The molecule has 1 aromatic carbocycles. The average molecular weight is 186 g/mol. The van der Waals surface area contributed by atoms with E-state index in [2.05, 4.69) is 34.2 Å². The van der Waals surface area contributed by atoms with E-state index in [0.717, 1.165) is 6.54 Å². The predicted molar refractivity (Wildman–Crippen MR) is 57.5 cm³/mol. The normalized spacial score (nSPS) is 19.7. The first kappa shape index (κ1) is 8.04. The third kappa shape index (κ3) is 1.14. The van der Waals surface area contributed by atoms with Crippen LogP contribution < -0.4 is 0 Å². The summed E-state index contributed by atoms with van der Waals surface area (Å²) < 4.78 is 0. The Hall–Kier alpha value is -1.31. The van der Waals surface area contributed by atoms with Crippen molar-refractivity contribution in [3.05, 3.63) is 35.4 Å². The fourth-order valence-corrected chi connectivity index (χ4v) is 2.32. The molecule has 1 fully saturated rings. The Bertz CT molecular complexity index is 376. The third-order valence-corrected chi connectivity index (χ3v) is 3.06. The molecule has 3 rings (SSSR count). The number of hydrogen-bond acceptors (Lipinski definition) is 2. The van der Waals surface area contributed by atoms with Gasteiger partial charge in [0.1, 0.15) is 5.84 Å². The van der Waals surface area contributed by atoms with Gasteiger partial charge in [0.05, 0.1) is 6.54 Å². The van der Waals surface area contributed by atoms with E-state index in [1.165, 1.54) is 42.9 Å². The second-order valence-corrected chi connectivity index (χ2v) is 3.99. The van der Waals surface area contributed by atoms with E-state index in [1.54, 1.807) is 0 Å².